The quantitative estimate of drug-likeness (QED) is 0.619. The fraction of sp³-hybridized carbons (Fsp3) is 0.214. The maximum absolute atomic E-state index is 11.8. The van der Waals surface area contributed by atoms with Crippen LogP contribution in [0, 0.1) is 11.3 Å². The number of carbonyl (C=O) groups excluding carboxylic acids is 1. The van der Waals surface area contributed by atoms with Crippen LogP contribution < -0.4 is 4.74 Å². The van der Waals surface area contributed by atoms with Gasteiger partial charge >= 0.3 is 5.97 Å². The topological polar surface area (TPSA) is 90.6 Å². The lowest BCUT2D eigenvalue weighted by Gasteiger charge is -2.11. The van der Waals surface area contributed by atoms with Crippen molar-refractivity contribution in [3.63, 3.8) is 0 Å². The lowest BCUT2D eigenvalue weighted by atomic mass is 10.1. The first-order chi connectivity index (χ1) is 10.3. The van der Waals surface area contributed by atoms with E-state index in [1.54, 1.807) is 20.2 Å². The fourth-order valence-corrected chi connectivity index (χ4v) is 2.47. The number of nitrogens with zero attached hydrogens (tertiary/aromatic N) is 2. The van der Waals surface area contributed by atoms with E-state index >= 15 is 0 Å². The van der Waals surface area contributed by atoms with Gasteiger partial charge in [0.2, 0.25) is 0 Å². The molecule has 0 bridgehead atoms. The van der Waals surface area contributed by atoms with Gasteiger partial charge < -0.3 is 14.7 Å². The van der Waals surface area contributed by atoms with Gasteiger partial charge in [-0.05, 0) is 39.7 Å². The molecule has 0 aliphatic rings. The SMILES string of the molecule is CN(C)C(=O)/C(C#N)=C\c1cc(Cl)c(OCC(=O)O)c(Br)c1. The van der Waals surface area contributed by atoms with Gasteiger partial charge in [-0.15, -0.1) is 0 Å². The smallest absolute Gasteiger partial charge is 0.341 e. The molecule has 0 saturated carbocycles. The van der Waals surface area contributed by atoms with Gasteiger partial charge in [-0.1, -0.05) is 11.6 Å². The molecule has 0 unspecified atom stereocenters. The van der Waals surface area contributed by atoms with E-state index in [1.807, 2.05) is 6.07 Å². The van der Waals surface area contributed by atoms with Crippen LogP contribution in [0.2, 0.25) is 5.02 Å². The maximum Gasteiger partial charge on any atom is 0.341 e. The highest BCUT2D eigenvalue weighted by Gasteiger charge is 2.14. The van der Waals surface area contributed by atoms with Crippen LogP contribution in [0.4, 0.5) is 0 Å². The van der Waals surface area contributed by atoms with Crippen LogP contribution in [0.3, 0.4) is 0 Å². The van der Waals surface area contributed by atoms with Gasteiger partial charge in [0.1, 0.15) is 11.6 Å². The van der Waals surface area contributed by atoms with Gasteiger partial charge in [0.25, 0.3) is 5.91 Å². The van der Waals surface area contributed by atoms with Gasteiger partial charge in [0, 0.05) is 14.1 Å². The van der Waals surface area contributed by atoms with Crippen LogP contribution >= 0.6 is 27.5 Å². The number of carboxylic acids is 1. The molecule has 0 heterocycles. The Hall–Kier alpha value is -2.04. The van der Waals surface area contributed by atoms with Crippen LogP contribution in [0.15, 0.2) is 22.2 Å². The van der Waals surface area contributed by atoms with Crippen molar-refractivity contribution in [3.05, 3.63) is 32.8 Å². The fourth-order valence-electron chi connectivity index (χ4n) is 1.48. The number of benzene rings is 1. The molecule has 22 heavy (non-hydrogen) atoms. The summed E-state index contributed by atoms with van der Waals surface area (Å²) < 4.78 is 5.48. The Morgan fingerprint density at radius 3 is 2.59 bits per heavy atom. The summed E-state index contributed by atoms with van der Waals surface area (Å²) in [6.45, 7) is -0.532. The molecule has 6 nitrogen and oxygen atoms in total. The second kappa shape index (κ2) is 7.82. The van der Waals surface area contributed by atoms with Crippen LogP contribution in [-0.4, -0.2) is 42.6 Å². The zero-order valence-corrected chi connectivity index (χ0v) is 14.1. The van der Waals surface area contributed by atoms with Crippen LogP contribution in [0.1, 0.15) is 5.56 Å². The minimum atomic E-state index is -1.13. The van der Waals surface area contributed by atoms with E-state index in [0.29, 0.717) is 10.0 Å². The second-order valence-corrected chi connectivity index (χ2v) is 5.63. The van der Waals surface area contributed by atoms with Crippen molar-refractivity contribution in [2.45, 2.75) is 0 Å². The molecule has 1 aromatic rings. The second-order valence-electron chi connectivity index (χ2n) is 4.37. The monoisotopic (exact) mass is 386 g/mol. The Morgan fingerprint density at radius 2 is 2.14 bits per heavy atom. The average molecular weight is 388 g/mol. The van der Waals surface area contributed by atoms with Crippen molar-refractivity contribution in [1.29, 1.82) is 5.26 Å². The number of aliphatic carboxylic acids is 1. The summed E-state index contributed by atoms with van der Waals surface area (Å²) in [6.07, 6.45) is 1.39. The molecule has 0 aromatic heterocycles. The largest absolute Gasteiger partial charge is 0.479 e. The Kier molecular flexibility index (Phi) is 6.40. The number of hydrogen-bond donors (Lipinski definition) is 1. The number of halogens is 2. The molecule has 0 saturated heterocycles. The van der Waals surface area contributed by atoms with E-state index in [4.69, 9.17) is 26.7 Å². The number of carbonyl (C=O) groups is 2. The minimum absolute atomic E-state index is 0.0489. The van der Waals surface area contributed by atoms with Crippen LogP contribution in [-0.2, 0) is 9.59 Å². The molecular formula is C14H12BrClN2O4. The third-order valence-corrected chi connectivity index (χ3v) is 3.30. The summed E-state index contributed by atoms with van der Waals surface area (Å²) in [5, 5.41) is 17.8. The van der Waals surface area contributed by atoms with Crippen LogP contribution in [0.5, 0.6) is 5.75 Å². The minimum Gasteiger partial charge on any atom is -0.479 e. The molecule has 0 aliphatic carbocycles. The van der Waals surface area contributed by atoms with E-state index in [1.165, 1.54) is 17.0 Å². The van der Waals surface area contributed by atoms with Crippen molar-refractivity contribution in [2.75, 3.05) is 20.7 Å². The molecule has 1 rings (SSSR count). The predicted molar refractivity (Wildman–Crippen MR) is 84.6 cm³/mol. The number of rotatable bonds is 5. The Morgan fingerprint density at radius 1 is 1.50 bits per heavy atom. The molecular weight excluding hydrogens is 376 g/mol. The number of carboxylic acid groups (broad SMARTS) is 1. The molecule has 0 fully saturated rings. The maximum atomic E-state index is 11.8. The number of nitriles is 1. The number of hydrogen-bond acceptors (Lipinski definition) is 4. The predicted octanol–water partition coefficient (Wildman–Crippen LogP) is 2.56. The summed E-state index contributed by atoms with van der Waals surface area (Å²) in [6, 6.07) is 4.88. The molecule has 0 spiro atoms. The number of amides is 1. The summed E-state index contributed by atoms with van der Waals surface area (Å²) in [7, 11) is 3.08. The molecule has 1 N–H and O–H groups in total. The lowest BCUT2D eigenvalue weighted by Crippen LogP contribution is -2.22. The molecule has 116 valence electrons. The van der Waals surface area contributed by atoms with Crippen LogP contribution in [0.25, 0.3) is 6.08 Å². The average Bonchev–Trinajstić information content (AvgIpc) is 2.42. The first-order valence-corrected chi connectivity index (χ1v) is 7.10. The van der Waals surface area contributed by atoms with Gasteiger partial charge in [-0.3, -0.25) is 4.79 Å². The first kappa shape index (κ1) is 18.0. The van der Waals surface area contributed by atoms with Crippen molar-refractivity contribution in [3.8, 4) is 11.8 Å². The molecule has 0 radical (unpaired) electrons. The van der Waals surface area contributed by atoms with Crippen molar-refractivity contribution >= 4 is 45.5 Å². The zero-order chi connectivity index (χ0) is 16.9. The highest BCUT2D eigenvalue weighted by Crippen LogP contribution is 2.35. The Bertz CT molecular complexity index is 657. The highest BCUT2D eigenvalue weighted by molar-refractivity contribution is 9.10. The van der Waals surface area contributed by atoms with Gasteiger partial charge in [0.05, 0.1) is 9.50 Å². The summed E-state index contributed by atoms with van der Waals surface area (Å²) in [5.41, 5.74) is 0.457. The number of ether oxygens (including phenoxy) is 1. The van der Waals surface area contributed by atoms with Crippen molar-refractivity contribution < 1.29 is 19.4 Å². The summed E-state index contributed by atoms with van der Waals surface area (Å²) >= 11 is 9.25. The molecule has 1 amide bonds. The van der Waals surface area contributed by atoms with E-state index in [-0.39, 0.29) is 16.3 Å². The Balaban J connectivity index is 3.16. The van der Waals surface area contributed by atoms with Gasteiger partial charge in [-0.2, -0.15) is 5.26 Å². The summed E-state index contributed by atoms with van der Waals surface area (Å²) in [5.74, 6) is -1.38. The van der Waals surface area contributed by atoms with E-state index in [9.17, 15) is 9.59 Å². The van der Waals surface area contributed by atoms with Crippen molar-refractivity contribution in [1.82, 2.24) is 4.90 Å². The molecule has 8 heteroatoms. The molecule has 0 atom stereocenters. The molecule has 1 aromatic carbocycles. The highest BCUT2D eigenvalue weighted by atomic mass is 79.9. The first-order valence-electron chi connectivity index (χ1n) is 5.93. The third kappa shape index (κ3) is 4.76. The normalized spacial score (nSPS) is 10.8. The van der Waals surface area contributed by atoms with E-state index in [0.717, 1.165) is 0 Å². The standard InChI is InChI=1S/C14H12BrClN2O4/c1-18(2)14(21)9(6-17)3-8-4-10(15)13(11(16)5-8)22-7-12(19)20/h3-5H,7H2,1-2H3,(H,19,20)/b9-3-. The van der Waals surface area contributed by atoms with Gasteiger partial charge in [-0.25, -0.2) is 4.79 Å². The van der Waals surface area contributed by atoms with Crippen molar-refractivity contribution in [2.24, 2.45) is 0 Å². The number of likely N-dealkylation sites (N-methyl/N-ethyl adjacent to an activating group) is 1. The Labute approximate surface area is 140 Å². The molecule has 0 aliphatic heterocycles. The zero-order valence-electron chi connectivity index (χ0n) is 11.8. The van der Waals surface area contributed by atoms with E-state index in [2.05, 4.69) is 15.9 Å². The lowest BCUT2D eigenvalue weighted by molar-refractivity contribution is -0.139. The van der Waals surface area contributed by atoms with Gasteiger partial charge in [0.15, 0.2) is 12.4 Å². The van der Waals surface area contributed by atoms with E-state index < -0.39 is 18.5 Å². The third-order valence-electron chi connectivity index (χ3n) is 2.43. The summed E-state index contributed by atoms with van der Waals surface area (Å²) in [4.78, 5) is 23.6.